The largest absolute Gasteiger partial charge is 0.393 e. The highest BCUT2D eigenvalue weighted by molar-refractivity contribution is 7.23. The summed E-state index contributed by atoms with van der Waals surface area (Å²) in [5.74, 6) is 0.882. The molecule has 1 aliphatic carbocycles. The fourth-order valence-corrected chi connectivity index (χ4v) is 6.36. The Labute approximate surface area is 226 Å². The highest BCUT2D eigenvalue weighted by atomic mass is 32.1. The van der Waals surface area contributed by atoms with Gasteiger partial charge in [-0.1, -0.05) is 17.3 Å². The van der Waals surface area contributed by atoms with Gasteiger partial charge in [0.25, 0.3) is 5.91 Å². The molecule has 1 aliphatic heterocycles. The molecule has 13 heteroatoms. The van der Waals surface area contributed by atoms with Crippen molar-refractivity contribution in [2.24, 2.45) is 11.8 Å². The number of halogens is 3. The third kappa shape index (κ3) is 5.12. The first-order chi connectivity index (χ1) is 18.5. The lowest BCUT2D eigenvalue weighted by Crippen LogP contribution is -2.24. The van der Waals surface area contributed by atoms with E-state index >= 15 is 0 Å². The molecule has 0 radical (unpaired) electrons. The first-order valence-corrected chi connectivity index (χ1v) is 13.5. The Morgan fingerprint density at radius 2 is 2.00 bits per heavy atom. The molecule has 9 nitrogen and oxygen atoms in total. The molecule has 0 spiro atoms. The molecule has 3 atom stereocenters. The van der Waals surface area contributed by atoms with E-state index in [1.807, 2.05) is 26.8 Å². The molecule has 3 aromatic heterocycles. The summed E-state index contributed by atoms with van der Waals surface area (Å²) in [7, 11) is 0. The molecule has 6 rings (SSSR count). The number of nitrogens with one attached hydrogen (secondary N) is 3. The maximum atomic E-state index is 13.6. The van der Waals surface area contributed by atoms with Gasteiger partial charge in [0.05, 0.1) is 45.5 Å². The minimum Gasteiger partial charge on any atom is -0.380 e. The average molecular weight is 560 g/mol. The zero-order valence-electron chi connectivity index (χ0n) is 21.6. The van der Waals surface area contributed by atoms with Gasteiger partial charge in [-0.05, 0) is 49.6 Å². The maximum absolute atomic E-state index is 13.6. The lowest BCUT2D eigenvalue weighted by molar-refractivity contribution is -0.126. The minimum absolute atomic E-state index is 0.0682. The number of hydrogen-bond acceptors (Lipinski definition) is 8. The van der Waals surface area contributed by atoms with Gasteiger partial charge in [0.1, 0.15) is 0 Å². The van der Waals surface area contributed by atoms with Crippen LogP contribution in [0.3, 0.4) is 0 Å². The van der Waals surface area contributed by atoms with E-state index in [0.717, 1.165) is 23.5 Å². The van der Waals surface area contributed by atoms with Crippen LogP contribution in [0.2, 0.25) is 0 Å². The molecule has 4 aromatic rings. The second-order valence-electron chi connectivity index (χ2n) is 11.1. The van der Waals surface area contributed by atoms with Crippen molar-refractivity contribution >= 4 is 33.0 Å². The number of fused-ring (bicyclic) bond motifs is 2. The predicted octanol–water partition coefficient (Wildman–Crippen LogP) is 4.57. The zero-order valence-corrected chi connectivity index (χ0v) is 22.4. The second-order valence-corrected chi connectivity index (χ2v) is 12.1. The summed E-state index contributed by atoms with van der Waals surface area (Å²) in [6.07, 6.45) is -2.41. The molecule has 0 bridgehead atoms. The number of nitrogens with zero attached hydrogens (tertiary/aromatic N) is 4. The highest BCUT2D eigenvalue weighted by Crippen LogP contribution is 2.47. The minimum atomic E-state index is -4.41. The summed E-state index contributed by atoms with van der Waals surface area (Å²) in [5, 5.41) is 18.3. The van der Waals surface area contributed by atoms with Gasteiger partial charge in [-0.2, -0.15) is 23.3 Å². The Balaban J connectivity index is 1.24. The number of carbonyl (C=O) groups is 1. The molecule has 1 amide bonds. The number of benzene rings is 1. The molecule has 3 N–H and O–H groups in total. The van der Waals surface area contributed by atoms with Crippen LogP contribution in [-0.2, 0) is 18.5 Å². The highest BCUT2D eigenvalue weighted by Gasteiger charge is 2.53. The van der Waals surface area contributed by atoms with Gasteiger partial charge in [0.15, 0.2) is 0 Å². The van der Waals surface area contributed by atoms with E-state index in [1.54, 1.807) is 23.0 Å². The Kier molecular flexibility index (Phi) is 6.18. The van der Waals surface area contributed by atoms with Gasteiger partial charge in [-0.25, -0.2) is 0 Å². The molecular formula is C26H28F3N7O2S. The number of alkyl halides is 3. The standard InChI is InChI=1S/C26H28F3N7O2S/c1-25(2,3)36-12-13(8-32-36)24(37)31-11-19-34-23(35-38-19)22-15(7-26(27,28)29)14-5-4-6-18(21(14)39-22)33-20-16-9-30-10-17(16)20/h4-6,8,12,16-17,20,30,33H,7,9-11H2,1-3H3,(H,31,37)/t16-,17+,20?. The Bertz CT molecular complexity index is 1520. The van der Waals surface area contributed by atoms with E-state index in [9.17, 15) is 18.0 Å². The normalized spacial score (nSPS) is 20.8. The van der Waals surface area contributed by atoms with Gasteiger partial charge in [-0.3, -0.25) is 9.48 Å². The van der Waals surface area contributed by atoms with Gasteiger partial charge in [-0.15, -0.1) is 11.3 Å². The third-order valence-corrected chi connectivity index (χ3v) is 8.49. The van der Waals surface area contributed by atoms with Crippen LogP contribution >= 0.6 is 11.3 Å². The van der Waals surface area contributed by atoms with Crippen molar-refractivity contribution in [1.29, 1.82) is 0 Å². The zero-order chi connectivity index (χ0) is 27.5. The molecule has 39 heavy (non-hydrogen) atoms. The first-order valence-electron chi connectivity index (χ1n) is 12.7. The summed E-state index contributed by atoms with van der Waals surface area (Å²) < 4.78 is 48.6. The molecule has 1 saturated heterocycles. The molecular weight excluding hydrogens is 531 g/mol. The first kappa shape index (κ1) is 25.8. The predicted molar refractivity (Wildman–Crippen MR) is 141 cm³/mol. The summed E-state index contributed by atoms with van der Waals surface area (Å²) in [5.41, 5.74) is 1.04. The molecule has 1 aromatic carbocycles. The van der Waals surface area contributed by atoms with E-state index in [1.165, 1.54) is 17.5 Å². The number of carbonyl (C=O) groups excluding carboxylic acids is 1. The lowest BCUT2D eigenvalue weighted by atomic mass is 10.1. The van der Waals surface area contributed by atoms with Crippen LogP contribution in [-0.4, -0.2) is 51.1 Å². The van der Waals surface area contributed by atoms with Crippen LogP contribution < -0.4 is 16.0 Å². The fraction of sp³-hybridized carbons (Fsp3) is 0.462. The number of rotatable bonds is 7. The van der Waals surface area contributed by atoms with E-state index < -0.39 is 12.6 Å². The van der Waals surface area contributed by atoms with Crippen molar-refractivity contribution in [2.45, 2.75) is 51.5 Å². The van der Waals surface area contributed by atoms with Crippen LogP contribution in [0.25, 0.3) is 20.8 Å². The van der Waals surface area contributed by atoms with E-state index in [2.05, 4.69) is 31.2 Å². The molecule has 2 fully saturated rings. The van der Waals surface area contributed by atoms with Crippen LogP contribution in [0.5, 0.6) is 0 Å². The summed E-state index contributed by atoms with van der Waals surface area (Å²) in [6, 6.07) is 5.71. The lowest BCUT2D eigenvalue weighted by Gasteiger charge is -2.18. The smallest absolute Gasteiger partial charge is 0.380 e. The summed E-state index contributed by atoms with van der Waals surface area (Å²) in [6.45, 7) is 7.74. The number of anilines is 1. The van der Waals surface area contributed by atoms with Gasteiger partial charge in [0, 0.05) is 25.3 Å². The quantitative estimate of drug-likeness (QED) is 0.304. The van der Waals surface area contributed by atoms with Crippen molar-refractivity contribution in [3.63, 3.8) is 0 Å². The molecule has 206 valence electrons. The van der Waals surface area contributed by atoms with Crippen LogP contribution in [0.15, 0.2) is 35.1 Å². The van der Waals surface area contributed by atoms with Gasteiger partial charge >= 0.3 is 6.18 Å². The number of hydrogen-bond donors (Lipinski definition) is 3. The third-order valence-electron chi connectivity index (χ3n) is 7.21. The molecule has 2 aliphatic rings. The summed E-state index contributed by atoms with van der Waals surface area (Å²) >= 11 is 1.22. The van der Waals surface area contributed by atoms with E-state index in [4.69, 9.17) is 4.52 Å². The maximum Gasteiger partial charge on any atom is 0.393 e. The topological polar surface area (TPSA) is 110 Å². The van der Waals surface area contributed by atoms with Crippen molar-refractivity contribution in [3.8, 4) is 10.7 Å². The second kappa shape index (κ2) is 9.33. The van der Waals surface area contributed by atoms with Crippen molar-refractivity contribution in [2.75, 3.05) is 18.4 Å². The van der Waals surface area contributed by atoms with Crippen molar-refractivity contribution in [3.05, 3.63) is 47.6 Å². The van der Waals surface area contributed by atoms with Gasteiger partial charge < -0.3 is 20.5 Å². The fourth-order valence-electron chi connectivity index (χ4n) is 5.14. The molecule has 1 saturated carbocycles. The van der Waals surface area contributed by atoms with Crippen LogP contribution in [0.4, 0.5) is 18.9 Å². The summed E-state index contributed by atoms with van der Waals surface area (Å²) in [4.78, 5) is 17.2. The number of piperidine rings is 1. The van der Waals surface area contributed by atoms with E-state index in [0.29, 0.717) is 33.7 Å². The van der Waals surface area contributed by atoms with Crippen molar-refractivity contribution in [1.82, 2.24) is 30.6 Å². The van der Waals surface area contributed by atoms with Crippen molar-refractivity contribution < 1.29 is 22.5 Å². The van der Waals surface area contributed by atoms with Gasteiger partial charge in [0.2, 0.25) is 11.7 Å². The van der Waals surface area contributed by atoms with E-state index in [-0.39, 0.29) is 35.3 Å². The number of amides is 1. The number of aromatic nitrogens is 4. The Hall–Kier alpha value is -3.45. The van der Waals surface area contributed by atoms with Crippen LogP contribution in [0, 0.1) is 11.8 Å². The molecule has 1 unspecified atom stereocenters. The monoisotopic (exact) mass is 559 g/mol. The number of thiophene rings is 1. The Morgan fingerprint density at radius 1 is 1.23 bits per heavy atom. The van der Waals surface area contributed by atoms with Crippen LogP contribution in [0.1, 0.15) is 42.6 Å². The average Bonchev–Trinajstić information content (AvgIpc) is 3.48. The Morgan fingerprint density at radius 3 is 2.69 bits per heavy atom. The SMILES string of the molecule is CC(C)(C)n1cc(C(=O)NCc2nc(-c3sc4c(NC5[C@H]6CNC[C@@H]56)cccc4c3CC(F)(F)F)no2)cn1. The molecule has 4 heterocycles.